The third kappa shape index (κ3) is 4.24. The SMILES string of the molecule is COC(=O)[C@@H](O)[C@H](O)c1ccc(OCc2ccccc2)c(OC)c1. The zero-order valence-corrected chi connectivity index (χ0v) is 13.5. The molecule has 6 nitrogen and oxygen atoms in total. The molecule has 6 heteroatoms. The molecule has 0 aromatic heterocycles. The van der Waals surface area contributed by atoms with Gasteiger partial charge >= 0.3 is 5.97 Å². The highest BCUT2D eigenvalue weighted by Gasteiger charge is 2.27. The van der Waals surface area contributed by atoms with Gasteiger partial charge in [-0.05, 0) is 23.3 Å². The van der Waals surface area contributed by atoms with Crippen LogP contribution in [0.3, 0.4) is 0 Å². The van der Waals surface area contributed by atoms with Crippen molar-refractivity contribution in [1.82, 2.24) is 0 Å². The molecule has 0 saturated carbocycles. The van der Waals surface area contributed by atoms with Gasteiger partial charge in [0.1, 0.15) is 12.7 Å². The average molecular weight is 332 g/mol. The predicted molar refractivity (Wildman–Crippen MR) is 86.8 cm³/mol. The monoisotopic (exact) mass is 332 g/mol. The molecule has 0 aliphatic heterocycles. The Morgan fingerprint density at radius 2 is 1.75 bits per heavy atom. The first-order valence-electron chi connectivity index (χ1n) is 7.35. The number of aliphatic hydroxyl groups is 2. The number of hydrogen-bond donors (Lipinski definition) is 2. The molecule has 0 fully saturated rings. The summed E-state index contributed by atoms with van der Waals surface area (Å²) in [5.74, 6) is -0.0321. The van der Waals surface area contributed by atoms with Gasteiger partial charge in [-0.1, -0.05) is 36.4 Å². The van der Waals surface area contributed by atoms with E-state index in [1.807, 2.05) is 30.3 Å². The van der Waals surface area contributed by atoms with E-state index in [0.717, 1.165) is 12.7 Å². The molecule has 0 spiro atoms. The van der Waals surface area contributed by atoms with Crippen LogP contribution in [0.25, 0.3) is 0 Å². The van der Waals surface area contributed by atoms with Gasteiger partial charge < -0.3 is 24.4 Å². The molecule has 2 aromatic rings. The summed E-state index contributed by atoms with van der Waals surface area (Å²) in [5, 5.41) is 19.8. The molecule has 2 atom stereocenters. The number of ether oxygens (including phenoxy) is 3. The van der Waals surface area contributed by atoms with Crippen LogP contribution in [0, 0.1) is 0 Å². The molecule has 2 aromatic carbocycles. The molecule has 24 heavy (non-hydrogen) atoms. The first-order valence-corrected chi connectivity index (χ1v) is 7.35. The number of carbonyl (C=O) groups is 1. The van der Waals surface area contributed by atoms with Gasteiger partial charge in [-0.25, -0.2) is 4.79 Å². The number of aliphatic hydroxyl groups excluding tert-OH is 2. The Morgan fingerprint density at radius 1 is 1.04 bits per heavy atom. The van der Waals surface area contributed by atoms with E-state index in [2.05, 4.69) is 4.74 Å². The van der Waals surface area contributed by atoms with Gasteiger partial charge in [0.15, 0.2) is 17.6 Å². The minimum Gasteiger partial charge on any atom is -0.493 e. The Bertz CT molecular complexity index is 670. The molecule has 2 N–H and O–H groups in total. The fraction of sp³-hybridized carbons (Fsp3) is 0.278. The van der Waals surface area contributed by atoms with Crippen molar-refractivity contribution in [3.63, 3.8) is 0 Å². The maximum atomic E-state index is 11.3. The summed E-state index contributed by atoms with van der Waals surface area (Å²) in [6, 6.07) is 14.3. The van der Waals surface area contributed by atoms with Gasteiger partial charge in [0.25, 0.3) is 0 Å². The second-order valence-corrected chi connectivity index (χ2v) is 5.10. The molecule has 0 aliphatic rings. The van der Waals surface area contributed by atoms with Gasteiger partial charge in [-0.15, -0.1) is 0 Å². The molecule has 2 rings (SSSR count). The maximum Gasteiger partial charge on any atom is 0.337 e. The van der Waals surface area contributed by atoms with E-state index in [-0.39, 0.29) is 0 Å². The second kappa shape index (κ2) is 8.33. The van der Waals surface area contributed by atoms with Crippen LogP contribution in [0.2, 0.25) is 0 Å². The lowest BCUT2D eigenvalue weighted by atomic mass is 10.0. The first-order chi connectivity index (χ1) is 11.6. The van der Waals surface area contributed by atoms with Crippen LogP contribution in [-0.4, -0.2) is 36.5 Å². The van der Waals surface area contributed by atoms with E-state index < -0.39 is 18.2 Å². The smallest absolute Gasteiger partial charge is 0.337 e. The van der Waals surface area contributed by atoms with Crippen molar-refractivity contribution in [3.8, 4) is 11.5 Å². The van der Waals surface area contributed by atoms with Gasteiger partial charge in [0, 0.05) is 0 Å². The third-order valence-corrected chi connectivity index (χ3v) is 3.51. The van der Waals surface area contributed by atoms with Crippen molar-refractivity contribution in [2.45, 2.75) is 18.8 Å². The fourth-order valence-corrected chi connectivity index (χ4v) is 2.15. The zero-order valence-electron chi connectivity index (χ0n) is 13.5. The normalized spacial score (nSPS) is 13.0. The molecule has 0 aliphatic carbocycles. The van der Waals surface area contributed by atoms with Crippen LogP contribution < -0.4 is 9.47 Å². The Balaban J connectivity index is 2.13. The number of benzene rings is 2. The summed E-state index contributed by atoms with van der Waals surface area (Å²) < 4.78 is 15.4. The fourth-order valence-electron chi connectivity index (χ4n) is 2.15. The summed E-state index contributed by atoms with van der Waals surface area (Å²) in [6.45, 7) is 0.365. The second-order valence-electron chi connectivity index (χ2n) is 5.10. The standard InChI is InChI=1S/C18H20O6/c1-22-15-10-13(16(19)17(20)18(21)23-2)8-9-14(15)24-11-12-6-4-3-5-7-12/h3-10,16-17,19-20H,11H2,1-2H3/t16-,17+/m1/s1. The number of hydrogen-bond acceptors (Lipinski definition) is 6. The van der Waals surface area contributed by atoms with E-state index in [1.165, 1.54) is 13.2 Å². The highest BCUT2D eigenvalue weighted by molar-refractivity contribution is 5.75. The highest BCUT2D eigenvalue weighted by Crippen LogP contribution is 2.32. The lowest BCUT2D eigenvalue weighted by Crippen LogP contribution is -2.29. The van der Waals surface area contributed by atoms with E-state index in [9.17, 15) is 15.0 Å². The first kappa shape index (κ1) is 17.8. The van der Waals surface area contributed by atoms with Gasteiger partial charge in [0.05, 0.1) is 14.2 Å². The van der Waals surface area contributed by atoms with Gasteiger partial charge in [-0.2, -0.15) is 0 Å². The number of rotatable bonds is 7. The average Bonchev–Trinajstić information content (AvgIpc) is 2.65. The minimum atomic E-state index is -1.67. The minimum absolute atomic E-state index is 0.316. The molecule has 128 valence electrons. The van der Waals surface area contributed by atoms with E-state index in [4.69, 9.17) is 9.47 Å². The largest absolute Gasteiger partial charge is 0.493 e. The topological polar surface area (TPSA) is 85.2 Å². The van der Waals surface area contributed by atoms with Crippen molar-refractivity contribution in [2.75, 3.05) is 14.2 Å². The van der Waals surface area contributed by atoms with E-state index in [1.54, 1.807) is 12.1 Å². The van der Waals surface area contributed by atoms with E-state index in [0.29, 0.717) is 23.7 Å². The molecule has 0 radical (unpaired) electrons. The quantitative estimate of drug-likeness (QED) is 0.753. The van der Waals surface area contributed by atoms with Crippen molar-refractivity contribution >= 4 is 5.97 Å². The van der Waals surface area contributed by atoms with E-state index >= 15 is 0 Å². The molecule has 0 amide bonds. The van der Waals surface area contributed by atoms with Crippen LogP contribution in [0.4, 0.5) is 0 Å². The van der Waals surface area contributed by atoms with Crippen molar-refractivity contribution < 1.29 is 29.2 Å². The zero-order chi connectivity index (χ0) is 17.5. The van der Waals surface area contributed by atoms with Crippen molar-refractivity contribution in [2.24, 2.45) is 0 Å². The summed E-state index contributed by atoms with van der Waals surface area (Å²) in [5.41, 5.74) is 1.32. The van der Waals surface area contributed by atoms with Crippen LogP contribution >= 0.6 is 0 Å². The van der Waals surface area contributed by atoms with Gasteiger partial charge in [0.2, 0.25) is 0 Å². The van der Waals surface area contributed by atoms with Crippen LogP contribution in [0.1, 0.15) is 17.2 Å². The van der Waals surface area contributed by atoms with Gasteiger partial charge in [-0.3, -0.25) is 0 Å². The Morgan fingerprint density at radius 3 is 2.38 bits per heavy atom. The maximum absolute atomic E-state index is 11.3. The Kier molecular flexibility index (Phi) is 6.17. The molecule has 0 saturated heterocycles. The van der Waals surface area contributed by atoms with Crippen molar-refractivity contribution in [1.29, 1.82) is 0 Å². The molecule has 0 heterocycles. The lowest BCUT2D eigenvalue weighted by Gasteiger charge is -2.18. The summed E-state index contributed by atoms with van der Waals surface area (Å²) >= 11 is 0. The molecular weight excluding hydrogens is 312 g/mol. The molecular formula is C18H20O6. The summed E-state index contributed by atoms with van der Waals surface area (Å²) in [7, 11) is 2.61. The Labute approximate surface area is 140 Å². The number of methoxy groups -OCH3 is 2. The number of carbonyl (C=O) groups excluding carboxylic acids is 1. The summed E-state index contributed by atoms with van der Waals surface area (Å²) in [4.78, 5) is 11.3. The summed E-state index contributed by atoms with van der Waals surface area (Å²) in [6.07, 6.45) is -3.09. The lowest BCUT2D eigenvalue weighted by molar-refractivity contribution is -0.156. The molecule has 0 unspecified atom stereocenters. The van der Waals surface area contributed by atoms with Crippen LogP contribution in [-0.2, 0) is 16.1 Å². The number of esters is 1. The third-order valence-electron chi connectivity index (χ3n) is 3.51. The van der Waals surface area contributed by atoms with Crippen LogP contribution in [0.5, 0.6) is 11.5 Å². The predicted octanol–water partition coefficient (Wildman–Crippen LogP) is 1.84. The van der Waals surface area contributed by atoms with Crippen molar-refractivity contribution in [3.05, 3.63) is 59.7 Å². The molecule has 0 bridgehead atoms. The highest BCUT2D eigenvalue weighted by atomic mass is 16.5. The van der Waals surface area contributed by atoms with Crippen LogP contribution in [0.15, 0.2) is 48.5 Å². The Hall–Kier alpha value is -2.57.